The lowest BCUT2D eigenvalue weighted by Gasteiger charge is -2.11. The molecule has 0 amide bonds. The summed E-state index contributed by atoms with van der Waals surface area (Å²) in [6.45, 7) is 0. The Balaban J connectivity index is 2.13. The number of nitrogen functional groups attached to an aromatic ring is 1. The number of anilines is 2. The summed E-state index contributed by atoms with van der Waals surface area (Å²) in [5, 5.41) is 1.68. The van der Waals surface area contributed by atoms with Crippen molar-refractivity contribution < 1.29 is 8.42 Å². The third kappa shape index (κ3) is 2.56. The summed E-state index contributed by atoms with van der Waals surface area (Å²) in [6.07, 6.45) is 1.62. The van der Waals surface area contributed by atoms with Crippen LogP contribution in [0.25, 0.3) is 4.96 Å². The third-order valence-corrected chi connectivity index (χ3v) is 6.16. The van der Waals surface area contributed by atoms with Crippen molar-refractivity contribution >= 4 is 69.7 Å². The fourth-order valence-electron chi connectivity index (χ4n) is 1.83. The highest BCUT2D eigenvalue weighted by atomic mass is 79.9. The molecule has 6 nitrogen and oxygen atoms in total. The van der Waals surface area contributed by atoms with Crippen LogP contribution in [-0.4, -0.2) is 17.8 Å². The zero-order valence-corrected chi connectivity index (χ0v) is 15.1. The molecule has 0 bridgehead atoms. The molecule has 0 radical (unpaired) electrons. The number of thiazole rings is 1. The van der Waals surface area contributed by atoms with Gasteiger partial charge in [-0.3, -0.25) is 9.12 Å². The van der Waals surface area contributed by atoms with Gasteiger partial charge in [-0.1, -0.05) is 6.07 Å². The molecule has 0 unspecified atom stereocenters. The van der Waals surface area contributed by atoms with Crippen molar-refractivity contribution in [3.05, 3.63) is 38.7 Å². The molecule has 10 heteroatoms. The van der Waals surface area contributed by atoms with Crippen molar-refractivity contribution in [2.75, 3.05) is 10.5 Å². The van der Waals surface area contributed by atoms with E-state index in [1.165, 1.54) is 15.7 Å². The number of fused-ring (bicyclic) bond motifs is 1. The topological polar surface area (TPSA) is 89.5 Å². The van der Waals surface area contributed by atoms with Crippen LogP contribution in [0.3, 0.4) is 0 Å². The summed E-state index contributed by atoms with van der Waals surface area (Å²) in [6, 6.07) is 5.27. The number of hydrogen-bond acceptors (Lipinski definition) is 5. The molecule has 0 aliphatic carbocycles. The minimum Gasteiger partial charge on any atom is -0.381 e. The van der Waals surface area contributed by atoms with Gasteiger partial charge in [-0.15, -0.1) is 11.3 Å². The highest BCUT2D eigenvalue weighted by Crippen LogP contribution is 2.33. The summed E-state index contributed by atoms with van der Waals surface area (Å²) in [5.74, 6) is -0.0301. The molecule has 3 rings (SSSR count). The van der Waals surface area contributed by atoms with E-state index in [0.717, 1.165) is 0 Å². The molecular formula is C11H8Br2N4O2S2. The van der Waals surface area contributed by atoms with Gasteiger partial charge in [0.15, 0.2) is 10.8 Å². The minimum absolute atomic E-state index is 0.0301. The van der Waals surface area contributed by atoms with Crippen LogP contribution in [0.2, 0.25) is 0 Å². The molecule has 0 saturated carbocycles. The minimum atomic E-state index is -3.87. The van der Waals surface area contributed by atoms with Gasteiger partial charge in [-0.05, 0) is 44.0 Å². The summed E-state index contributed by atoms with van der Waals surface area (Å²) in [4.78, 5) is 4.57. The first-order valence-corrected chi connectivity index (χ1v) is 9.53. The number of aromatic nitrogens is 2. The highest BCUT2D eigenvalue weighted by Gasteiger charge is 2.26. The molecule has 0 spiro atoms. The monoisotopic (exact) mass is 450 g/mol. The Morgan fingerprint density at radius 2 is 1.95 bits per heavy atom. The summed E-state index contributed by atoms with van der Waals surface area (Å²) < 4.78 is 30.4. The summed E-state index contributed by atoms with van der Waals surface area (Å²) >= 11 is 7.94. The maximum atomic E-state index is 12.6. The molecule has 3 N–H and O–H groups in total. The second-order valence-electron chi connectivity index (χ2n) is 4.06. The molecule has 0 aliphatic heterocycles. The fourth-order valence-corrected chi connectivity index (χ4v) is 5.38. The first kappa shape index (κ1) is 14.8. The number of nitrogens with two attached hydrogens (primary N) is 1. The predicted octanol–water partition coefficient (Wildman–Crippen LogP) is 3.30. The van der Waals surface area contributed by atoms with Gasteiger partial charge in [0.2, 0.25) is 5.03 Å². The first-order valence-electron chi connectivity index (χ1n) is 5.58. The Morgan fingerprint density at radius 1 is 1.29 bits per heavy atom. The van der Waals surface area contributed by atoms with E-state index in [0.29, 0.717) is 19.6 Å². The fraction of sp³-hybridized carbons (Fsp3) is 0. The Kier molecular flexibility index (Phi) is 3.72. The smallest absolute Gasteiger partial charge is 0.281 e. The maximum Gasteiger partial charge on any atom is 0.281 e. The van der Waals surface area contributed by atoms with Crippen molar-refractivity contribution in [3.8, 4) is 0 Å². The number of rotatable bonds is 3. The van der Waals surface area contributed by atoms with Crippen LogP contribution in [0.15, 0.2) is 43.7 Å². The number of imidazole rings is 1. The number of para-hydroxylation sites is 1. The normalized spacial score (nSPS) is 11.9. The van der Waals surface area contributed by atoms with E-state index < -0.39 is 10.0 Å². The Labute approximate surface area is 141 Å². The molecule has 110 valence electrons. The number of halogens is 2. The van der Waals surface area contributed by atoms with Crippen molar-refractivity contribution in [1.29, 1.82) is 0 Å². The zero-order chi connectivity index (χ0) is 15.2. The van der Waals surface area contributed by atoms with Gasteiger partial charge >= 0.3 is 0 Å². The van der Waals surface area contributed by atoms with E-state index in [9.17, 15) is 8.42 Å². The van der Waals surface area contributed by atoms with Gasteiger partial charge in [0, 0.05) is 20.5 Å². The van der Waals surface area contributed by atoms with Gasteiger partial charge < -0.3 is 5.73 Å². The lowest BCUT2D eigenvalue weighted by molar-refractivity contribution is 0.597. The largest absolute Gasteiger partial charge is 0.381 e. The summed E-state index contributed by atoms with van der Waals surface area (Å²) in [5.41, 5.74) is 6.15. The van der Waals surface area contributed by atoms with Crippen molar-refractivity contribution in [3.63, 3.8) is 0 Å². The highest BCUT2D eigenvalue weighted by molar-refractivity contribution is 9.11. The Morgan fingerprint density at radius 3 is 2.62 bits per heavy atom. The van der Waals surface area contributed by atoms with Gasteiger partial charge in [-0.2, -0.15) is 8.42 Å². The first-order chi connectivity index (χ1) is 9.90. The van der Waals surface area contributed by atoms with E-state index in [-0.39, 0.29) is 10.8 Å². The Bertz CT molecular complexity index is 913. The lowest BCUT2D eigenvalue weighted by Crippen LogP contribution is -2.17. The van der Waals surface area contributed by atoms with Crippen molar-refractivity contribution in [2.24, 2.45) is 0 Å². The van der Waals surface area contributed by atoms with Crippen molar-refractivity contribution in [2.45, 2.75) is 5.03 Å². The quantitative estimate of drug-likeness (QED) is 0.639. The van der Waals surface area contributed by atoms with Gasteiger partial charge in [0.1, 0.15) is 0 Å². The Hall–Kier alpha value is -1.10. The average Bonchev–Trinajstić information content (AvgIpc) is 2.93. The van der Waals surface area contributed by atoms with E-state index in [1.54, 1.807) is 29.8 Å². The van der Waals surface area contributed by atoms with Crippen LogP contribution < -0.4 is 10.5 Å². The average molecular weight is 452 g/mol. The van der Waals surface area contributed by atoms with Gasteiger partial charge in [-0.25, -0.2) is 4.98 Å². The lowest BCUT2D eigenvalue weighted by atomic mass is 10.3. The second-order valence-corrected chi connectivity index (χ2v) is 8.24. The predicted molar refractivity (Wildman–Crippen MR) is 90.1 cm³/mol. The molecule has 0 saturated heterocycles. The third-order valence-electron chi connectivity index (χ3n) is 2.70. The van der Waals surface area contributed by atoms with Crippen molar-refractivity contribution in [1.82, 2.24) is 9.38 Å². The standard InChI is InChI=1S/C11H8Br2N4O2S2/c12-6-2-1-3-7(13)8(6)16-21(18,19)10-9(14)15-11-17(10)4-5-20-11/h1-5,16H,14H2. The number of nitrogens with one attached hydrogen (secondary N) is 1. The van der Waals surface area contributed by atoms with Crippen LogP contribution in [0, 0.1) is 0 Å². The number of benzene rings is 1. The zero-order valence-electron chi connectivity index (χ0n) is 10.2. The molecule has 3 aromatic rings. The molecule has 1 aromatic carbocycles. The molecule has 2 heterocycles. The van der Waals surface area contributed by atoms with Gasteiger partial charge in [0.05, 0.1) is 5.69 Å². The van der Waals surface area contributed by atoms with Crippen LogP contribution in [0.5, 0.6) is 0 Å². The SMILES string of the molecule is Nc1nc2sccn2c1S(=O)(=O)Nc1c(Br)cccc1Br. The summed E-state index contributed by atoms with van der Waals surface area (Å²) in [7, 11) is -3.87. The molecule has 21 heavy (non-hydrogen) atoms. The number of nitrogens with zero attached hydrogens (tertiary/aromatic N) is 2. The second kappa shape index (κ2) is 5.27. The maximum absolute atomic E-state index is 12.6. The number of hydrogen-bond donors (Lipinski definition) is 2. The van der Waals surface area contributed by atoms with Crippen LogP contribution in [-0.2, 0) is 10.0 Å². The molecule has 2 aromatic heterocycles. The van der Waals surface area contributed by atoms with Gasteiger partial charge in [0.25, 0.3) is 10.0 Å². The van der Waals surface area contributed by atoms with Crippen LogP contribution in [0.4, 0.5) is 11.5 Å². The van der Waals surface area contributed by atoms with E-state index in [1.807, 2.05) is 0 Å². The van der Waals surface area contributed by atoms with Crippen LogP contribution in [0.1, 0.15) is 0 Å². The van der Waals surface area contributed by atoms with E-state index in [4.69, 9.17) is 5.73 Å². The molecule has 0 aliphatic rings. The molecule has 0 atom stereocenters. The molecular weight excluding hydrogens is 444 g/mol. The van der Waals surface area contributed by atoms with Crippen LogP contribution >= 0.6 is 43.2 Å². The molecule has 0 fully saturated rings. The van der Waals surface area contributed by atoms with E-state index in [2.05, 4.69) is 41.6 Å². The van der Waals surface area contributed by atoms with E-state index >= 15 is 0 Å². The number of sulfonamides is 1.